The number of nitrogens with zero attached hydrogens (tertiary/aromatic N) is 4. The van der Waals surface area contributed by atoms with Crippen molar-refractivity contribution in [3.05, 3.63) is 18.1 Å². The minimum Gasteiger partial charge on any atom is -0.354 e. The van der Waals surface area contributed by atoms with Gasteiger partial charge in [-0.3, -0.25) is 0 Å². The summed E-state index contributed by atoms with van der Waals surface area (Å²) in [6, 6.07) is 2.09. The molecular weight excluding hydrogens is 188 g/mol. The molecule has 15 heavy (non-hydrogen) atoms. The van der Waals surface area contributed by atoms with Gasteiger partial charge >= 0.3 is 0 Å². The van der Waals surface area contributed by atoms with Gasteiger partial charge in [0.05, 0.1) is 0 Å². The van der Waals surface area contributed by atoms with Crippen LogP contribution in [0.4, 0.5) is 5.82 Å². The second-order valence-electron chi connectivity index (χ2n) is 3.82. The zero-order valence-electron chi connectivity index (χ0n) is 8.85. The quantitative estimate of drug-likeness (QED) is 0.744. The Kier molecular flexibility index (Phi) is 2.82. The van der Waals surface area contributed by atoms with Crippen molar-refractivity contribution >= 4 is 5.82 Å². The summed E-state index contributed by atoms with van der Waals surface area (Å²) in [6.07, 6.45) is 5.82. The van der Waals surface area contributed by atoms with Crippen molar-refractivity contribution < 1.29 is 0 Å². The molecule has 0 aliphatic heterocycles. The minimum atomic E-state index is 0.431. The molecular formula is C11H14N4. The molecule has 0 spiro atoms. The fourth-order valence-electron chi connectivity index (χ4n) is 1.62. The average Bonchev–Trinajstić information content (AvgIpc) is 3.10. The van der Waals surface area contributed by atoms with Crippen molar-refractivity contribution in [3.8, 4) is 6.07 Å². The van der Waals surface area contributed by atoms with Gasteiger partial charge in [0.15, 0.2) is 11.5 Å². The van der Waals surface area contributed by atoms with Gasteiger partial charge in [0.25, 0.3) is 0 Å². The summed E-state index contributed by atoms with van der Waals surface area (Å²) in [7, 11) is 0. The van der Waals surface area contributed by atoms with Gasteiger partial charge in [0.2, 0.25) is 0 Å². The van der Waals surface area contributed by atoms with Gasteiger partial charge < -0.3 is 4.90 Å². The molecule has 1 aliphatic carbocycles. The summed E-state index contributed by atoms with van der Waals surface area (Å²) in [6.45, 7) is 3.96. The van der Waals surface area contributed by atoms with E-state index in [4.69, 9.17) is 5.26 Å². The van der Waals surface area contributed by atoms with E-state index in [-0.39, 0.29) is 0 Å². The number of hydrogen-bond acceptors (Lipinski definition) is 4. The fourth-order valence-corrected chi connectivity index (χ4v) is 1.62. The summed E-state index contributed by atoms with van der Waals surface area (Å²) in [5.74, 6) is 1.52. The van der Waals surface area contributed by atoms with Gasteiger partial charge in [-0.15, -0.1) is 0 Å². The number of anilines is 1. The maximum Gasteiger partial charge on any atom is 0.183 e. The topological polar surface area (TPSA) is 52.8 Å². The normalized spacial score (nSPS) is 14.7. The van der Waals surface area contributed by atoms with E-state index in [1.807, 2.05) is 0 Å². The first-order valence-corrected chi connectivity index (χ1v) is 5.31. The number of hydrogen-bond donors (Lipinski definition) is 0. The monoisotopic (exact) mass is 202 g/mol. The van der Waals surface area contributed by atoms with Crippen LogP contribution >= 0.6 is 0 Å². The van der Waals surface area contributed by atoms with Crippen LogP contribution in [0.15, 0.2) is 12.4 Å². The summed E-state index contributed by atoms with van der Waals surface area (Å²) < 4.78 is 0. The lowest BCUT2D eigenvalue weighted by atomic mass is 10.3. The predicted octanol–water partition coefficient (Wildman–Crippen LogP) is 1.58. The Labute approximate surface area is 89.6 Å². The van der Waals surface area contributed by atoms with E-state index in [1.54, 1.807) is 12.4 Å². The van der Waals surface area contributed by atoms with Crippen LogP contribution in [0.25, 0.3) is 0 Å². The van der Waals surface area contributed by atoms with Gasteiger partial charge in [0, 0.05) is 25.5 Å². The van der Waals surface area contributed by atoms with Crippen LogP contribution in [-0.4, -0.2) is 23.1 Å². The van der Waals surface area contributed by atoms with E-state index in [0.29, 0.717) is 5.69 Å². The van der Waals surface area contributed by atoms with Gasteiger partial charge in [-0.05, 0) is 25.7 Å². The molecule has 1 heterocycles. The highest BCUT2D eigenvalue weighted by Gasteiger charge is 2.25. The molecule has 0 saturated heterocycles. The zero-order valence-corrected chi connectivity index (χ0v) is 8.85. The summed E-state index contributed by atoms with van der Waals surface area (Å²) in [4.78, 5) is 10.4. The molecule has 0 unspecified atom stereocenters. The first-order chi connectivity index (χ1) is 7.35. The van der Waals surface area contributed by atoms with Crippen LogP contribution in [0.5, 0.6) is 0 Å². The van der Waals surface area contributed by atoms with Crippen LogP contribution in [0, 0.1) is 17.2 Å². The van der Waals surface area contributed by atoms with Gasteiger partial charge in [0.1, 0.15) is 6.07 Å². The third kappa shape index (κ3) is 2.24. The van der Waals surface area contributed by atoms with E-state index >= 15 is 0 Å². The maximum absolute atomic E-state index is 8.93. The largest absolute Gasteiger partial charge is 0.354 e. The Morgan fingerprint density at radius 1 is 1.47 bits per heavy atom. The second kappa shape index (κ2) is 4.26. The smallest absolute Gasteiger partial charge is 0.183 e. The lowest BCUT2D eigenvalue weighted by molar-refractivity contribution is 0.728. The van der Waals surface area contributed by atoms with E-state index in [0.717, 1.165) is 24.8 Å². The van der Waals surface area contributed by atoms with Crippen molar-refractivity contribution in [2.75, 3.05) is 18.0 Å². The van der Waals surface area contributed by atoms with Crippen LogP contribution in [0.3, 0.4) is 0 Å². The molecule has 4 heteroatoms. The molecule has 1 aromatic heterocycles. The van der Waals surface area contributed by atoms with Gasteiger partial charge in [-0.1, -0.05) is 0 Å². The molecule has 1 aromatic rings. The number of aromatic nitrogens is 2. The van der Waals surface area contributed by atoms with Crippen molar-refractivity contribution in [1.29, 1.82) is 5.26 Å². The minimum absolute atomic E-state index is 0.431. The van der Waals surface area contributed by atoms with E-state index in [1.165, 1.54) is 12.8 Å². The molecule has 4 nitrogen and oxygen atoms in total. The highest BCUT2D eigenvalue weighted by Crippen LogP contribution is 2.31. The molecule has 2 rings (SSSR count). The molecule has 0 bridgehead atoms. The Bertz CT molecular complexity index is 378. The van der Waals surface area contributed by atoms with Crippen molar-refractivity contribution in [2.45, 2.75) is 19.8 Å². The standard InChI is InChI=1S/C11H14N4/c1-2-15(8-9-3-4-9)11-10(7-12)13-5-6-14-11/h5-6,9H,2-4,8H2,1H3. The van der Waals surface area contributed by atoms with E-state index in [2.05, 4.69) is 27.9 Å². The third-order valence-corrected chi connectivity index (χ3v) is 2.64. The molecule has 0 amide bonds. The summed E-state index contributed by atoms with van der Waals surface area (Å²) in [5, 5.41) is 8.93. The van der Waals surface area contributed by atoms with Crippen molar-refractivity contribution in [2.24, 2.45) is 5.92 Å². The summed E-state index contributed by atoms with van der Waals surface area (Å²) in [5.41, 5.74) is 0.431. The highest BCUT2D eigenvalue weighted by molar-refractivity contribution is 5.49. The lowest BCUT2D eigenvalue weighted by Crippen LogP contribution is -2.27. The van der Waals surface area contributed by atoms with Crippen LogP contribution < -0.4 is 4.90 Å². The van der Waals surface area contributed by atoms with Crippen LogP contribution in [0.2, 0.25) is 0 Å². The number of rotatable bonds is 4. The summed E-state index contributed by atoms with van der Waals surface area (Å²) >= 11 is 0. The molecule has 0 aromatic carbocycles. The second-order valence-corrected chi connectivity index (χ2v) is 3.82. The Morgan fingerprint density at radius 2 is 2.20 bits per heavy atom. The van der Waals surface area contributed by atoms with Crippen LogP contribution in [-0.2, 0) is 0 Å². The maximum atomic E-state index is 8.93. The Balaban J connectivity index is 2.20. The third-order valence-electron chi connectivity index (χ3n) is 2.64. The molecule has 1 saturated carbocycles. The Hall–Kier alpha value is -1.63. The Morgan fingerprint density at radius 3 is 2.80 bits per heavy atom. The van der Waals surface area contributed by atoms with Gasteiger partial charge in [-0.25, -0.2) is 9.97 Å². The molecule has 1 fully saturated rings. The fraction of sp³-hybridized carbons (Fsp3) is 0.545. The SMILES string of the molecule is CCN(CC1CC1)c1nccnc1C#N. The van der Waals surface area contributed by atoms with E-state index in [9.17, 15) is 0 Å². The number of nitriles is 1. The van der Waals surface area contributed by atoms with Crippen LogP contribution in [0.1, 0.15) is 25.5 Å². The molecule has 78 valence electrons. The molecule has 1 aliphatic rings. The first-order valence-electron chi connectivity index (χ1n) is 5.31. The molecule has 0 atom stereocenters. The lowest BCUT2D eigenvalue weighted by Gasteiger charge is -2.21. The molecule has 0 N–H and O–H groups in total. The highest BCUT2D eigenvalue weighted by atomic mass is 15.2. The zero-order chi connectivity index (χ0) is 10.7. The molecule has 0 radical (unpaired) electrons. The average molecular weight is 202 g/mol. The van der Waals surface area contributed by atoms with Crippen molar-refractivity contribution in [1.82, 2.24) is 9.97 Å². The first kappa shape index (κ1) is 9.91. The van der Waals surface area contributed by atoms with Crippen molar-refractivity contribution in [3.63, 3.8) is 0 Å². The van der Waals surface area contributed by atoms with E-state index < -0.39 is 0 Å². The van der Waals surface area contributed by atoms with Gasteiger partial charge in [-0.2, -0.15) is 5.26 Å². The predicted molar refractivity (Wildman–Crippen MR) is 57.4 cm³/mol.